The molecule has 0 saturated carbocycles. The third-order valence-corrected chi connectivity index (χ3v) is 4.17. The molecule has 1 heterocycles. The van der Waals surface area contributed by atoms with Crippen LogP contribution >= 0.6 is 15.9 Å². The van der Waals surface area contributed by atoms with Crippen LogP contribution in [0.15, 0.2) is 74.1 Å². The van der Waals surface area contributed by atoms with E-state index in [1.165, 1.54) is 11.8 Å². The van der Waals surface area contributed by atoms with Gasteiger partial charge in [0, 0.05) is 10.5 Å². The zero-order chi connectivity index (χ0) is 17.1. The van der Waals surface area contributed by atoms with Crippen LogP contribution in [0.1, 0.15) is 13.8 Å². The molecule has 1 aromatic heterocycles. The van der Waals surface area contributed by atoms with Crippen LogP contribution < -0.4 is 10.2 Å². The molecular weight excluding hydrogens is 368 g/mol. The van der Waals surface area contributed by atoms with Crippen molar-refractivity contribution >= 4 is 26.9 Å². The zero-order valence-electron chi connectivity index (χ0n) is 13.5. The maximum absolute atomic E-state index is 12.7. The van der Waals surface area contributed by atoms with Crippen molar-refractivity contribution < 1.29 is 9.15 Å². The molecule has 3 nitrogen and oxygen atoms in total. The van der Waals surface area contributed by atoms with Gasteiger partial charge in [-0.25, -0.2) is 0 Å². The van der Waals surface area contributed by atoms with Gasteiger partial charge in [0.2, 0.25) is 0 Å². The van der Waals surface area contributed by atoms with E-state index in [1.54, 1.807) is 18.2 Å². The molecule has 0 aliphatic carbocycles. The fraction of sp³-hybridized carbons (Fsp3) is 0.150. The summed E-state index contributed by atoms with van der Waals surface area (Å²) in [4.78, 5) is 12.7. The van der Waals surface area contributed by atoms with Gasteiger partial charge >= 0.3 is 0 Å². The molecule has 0 aliphatic heterocycles. The first kappa shape index (κ1) is 16.5. The molecule has 0 unspecified atom stereocenters. The molecule has 2 aromatic carbocycles. The van der Waals surface area contributed by atoms with Crippen LogP contribution in [0.2, 0.25) is 0 Å². The van der Waals surface area contributed by atoms with Crippen LogP contribution in [0.3, 0.4) is 0 Å². The van der Waals surface area contributed by atoms with Crippen LogP contribution in [-0.4, -0.2) is 6.61 Å². The summed E-state index contributed by atoms with van der Waals surface area (Å²) >= 11 is 3.39. The SMILES string of the molecule is CC(C)=CCOc1ccc2c(=O)c(-c3ccc(Br)cc3)coc2c1. The number of ether oxygens (including phenoxy) is 1. The molecule has 0 fully saturated rings. The average Bonchev–Trinajstić information content (AvgIpc) is 2.56. The van der Waals surface area contributed by atoms with E-state index in [2.05, 4.69) is 15.9 Å². The fourth-order valence-electron chi connectivity index (χ4n) is 2.33. The molecule has 3 aromatic rings. The summed E-state index contributed by atoms with van der Waals surface area (Å²) in [6.45, 7) is 4.54. The van der Waals surface area contributed by atoms with E-state index in [9.17, 15) is 4.79 Å². The minimum absolute atomic E-state index is 0.0468. The highest BCUT2D eigenvalue weighted by Crippen LogP contribution is 2.24. The van der Waals surface area contributed by atoms with Crippen LogP contribution in [0.4, 0.5) is 0 Å². The summed E-state index contributed by atoms with van der Waals surface area (Å²) < 4.78 is 12.3. The number of fused-ring (bicyclic) bond motifs is 1. The van der Waals surface area contributed by atoms with Gasteiger partial charge in [-0.2, -0.15) is 0 Å². The summed E-state index contributed by atoms with van der Waals surface area (Å²) in [6, 6.07) is 12.9. The normalized spacial score (nSPS) is 10.6. The number of hydrogen-bond donors (Lipinski definition) is 0. The monoisotopic (exact) mass is 384 g/mol. The zero-order valence-corrected chi connectivity index (χ0v) is 15.1. The van der Waals surface area contributed by atoms with Crippen molar-refractivity contribution in [3.8, 4) is 16.9 Å². The van der Waals surface area contributed by atoms with Gasteiger partial charge in [-0.05, 0) is 49.8 Å². The molecule has 0 aliphatic rings. The maximum Gasteiger partial charge on any atom is 0.200 e. The second kappa shape index (κ2) is 7.05. The van der Waals surface area contributed by atoms with Gasteiger partial charge in [-0.1, -0.05) is 33.6 Å². The Morgan fingerprint density at radius 1 is 1.17 bits per heavy atom. The van der Waals surface area contributed by atoms with Crippen molar-refractivity contribution in [2.24, 2.45) is 0 Å². The predicted molar refractivity (Wildman–Crippen MR) is 101 cm³/mol. The van der Waals surface area contributed by atoms with Crippen molar-refractivity contribution in [2.75, 3.05) is 6.61 Å². The lowest BCUT2D eigenvalue weighted by Crippen LogP contribution is -2.05. The quantitative estimate of drug-likeness (QED) is 0.552. The average molecular weight is 385 g/mol. The number of allylic oxidation sites excluding steroid dienone is 1. The van der Waals surface area contributed by atoms with Crippen molar-refractivity contribution in [3.05, 3.63) is 75.1 Å². The van der Waals surface area contributed by atoms with Gasteiger partial charge in [0.05, 0.1) is 10.9 Å². The van der Waals surface area contributed by atoms with Crippen LogP contribution in [-0.2, 0) is 0 Å². The lowest BCUT2D eigenvalue weighted by atomic mass is 10.1. The molecule has 3 rings (SSSR count). The summed E-state index contributed by atoms with van der Waals surface area (Å²) in [5, 5.41) is 0.546. The van der Waals surface area contributed by atoms with Crippen molar-refractivity contribution in [1.82, 2.24) is 0 Å². The lowest BCUT2D eigenvalue weighted by molar-refractivity contribution is 0.362. The molecule has 0 bridgehead atoms. The first-order valence-corrected chi connectivity index (χ1v) is 8.41. The van der Waals surface area contributed by atoms with E-state index in [0.29, 0.717) is 28.9 Å². The predicted octanol–water partition coefficient (Wildman–Crippen LogP) is 5.57. The minimum atomic E-state index is -0.0468. The minimum Gasteiger partial charge on any atom is -0.489 e. The van der Waals surface area contributed by atoms with Gasteiger partial charge < -0.3 is 9.15 Å². The molecule has 4 heteroatoms. The summed E-state index contributed by atoms with van der Waals surface area (Å²) in [7, 11) is 0. The second-order valence-corrected chi connectivity index (χ2v) is 6.65. The Labute approximate surface area is 148 Å². The van der Waals surface area contributed by atoms with Crippen LogP contribution in [0.5, 0.6) is 5.75 Å². The Hall–Kier alpha value is -2.33. The van der Waals surface area contributed by atoms with Crippen molar-refractivity contribution in [1.29, 1.82) is 0 Å². The van der Waals surface area contributed by atoms with Crippen molar-refractivity contribution in [3.63, 3.8) is 0 Å². The highest BCUT2D eigenvalue weighted by Gasteiger charge is 2.10. The maximum atomic E-state index is 12.7. The van der Waals surface area contributed by atoms with E-state index < -0.39 is 0 Å². The standard InChI is InChI=1S/C20H17BrO3/c1-13(2)9-10-23-16-7-8-17-19(11-16)24-12-18(20(17)22)14-3-5-15(21)6-4-14/h3-9,11-12H,10H2,1-2H3. The molecule has 0 saturated heterocycles. The van der Waals surface area contributed by atoms with Gasteiger partial charge in [0.25, 0.3) is 0 Å². The molecule has 122 valence electrons. The number of hydrogen-bond acceptors (Lipinski definition) is 3. The smallest absolute Gasteiger partial charge is 0.200 e. The summed E-state index contributed by atoms with van der Waals surface area (Å²) in [5.41, 5.74) is 3.05. The Morgan fingerprint density at radius 3 is 2.62 bits per heavy atom. The van der Waals surface area contributed by atoms with Gasteiger partial charge in [0.15, 0.2) is 5.43 Å². The van der Waals surface area contributed by atoms with E-state index >= 15 is 0 Å². The van der Waals surface area contributed by atoms with Crippen LogP contribution in [0, 0.1) is 0 Å². The van der Waals surface area contributed by atoms with Crippen LogP contribution in [0.25, 0.3) is 22.1 Å². The molecular formula is C20H17BrO3. The second-order valence-electron chi connectivity index (χ2n) is 5.74. The molecule has 0 radical (unpaired) electrons. The van der Waals surface area contributed by atoms with E-state index in [0.717, 1.165) is 10.0 Å². The highest BCUT2D eigenvalue weighted by molar-refractivity contribution is 9.10. The van der Waals surface area contributed by atoms with E-state index in [4.69, 9.17) is 9.15 Å². The summed E-state index contributed by atoms with van der Waals surface area (Å²) in [5.74, 6) is 0.680. The molecule has 24 heavy (non-hydrogen) atoms. The van der Waals surface area contributed by atoms with Crippen molar-refractivity contribution in [2.45, 2.75) is 13.8 Å². The van der Waals surface area contributed by atoms with Gasteiger partial charge in [-0.3, -0.25) is 4.79 Å². The first-order chi connectivity index (χ1) is 11.5. The number of rotatable bonds is 4. The highest BCUT2D eigenvalue weighted by atomic mass is 79.9. The Kier molecular flexibility index (Phi) is 4.86. The third-order valence-electron chi connectivity index (χ3n) is 3.64. The largest absolute Gasteiger partial charge is 0.489 e. The van der Waals surface area contributed by atoms with E-state index in [1.807, 2.05) is 44.2 Å². The Balaban J connectivity index is 1.96. The number of benzene rings is 2. The molecule has 0 atom stereocenters. The van der Waals surface area contributed by atoms with Gasteiger partial charge in [-0.15, -0.1) is 0 Å². The number of halogens is 1. The van der Waals surface area contributed by atoms with Gasteiger partial charge in [0.1, 0.15) is 24.2 Å². The first-order valence-electron chi connectivity index (χ1n) is 7.62. The lowest BCUT2D eigenvalue weighted by Gasteiger charge is -2.06. The topological polar surface area (TPSA) is 39.4 Å². The molecule has 0 spiro atoms. The summed E-state index contributed by atoms with van der Waals surface area (Å²) in [6.07, 6.45) is 3.50. The van der Waals surface area contributed by atoms with E-state index in [-0.39, 0.29) is 5.43 Å². The Bertz CT molecular complexity index is 949. The molecule has 0 amide bonds. The molecule has 0 N–H and O–H groups in total. The fourth-order valence-corrected chi connectivity index (χ4v) is 2.60. The Morgan fingerprint density at radius 2 is 1.92 bits per heavy atom. The third kappa shape index (κ3) is 3.60.